The van der Waals surface area contributed by atoms with Gasteiger partial charge < -0.3 is 14.4 Å². The number of nitrogens with zero attached hydrogens (tertiary/aromatic N) is 5. The van der Waals surface area contributed by atoms with Gasteiger partial charge in [-0.05, 0) is 23.3 Å². The van der Waals surface area contributed by atoms with Crippen LogP contribution in [0.15, 0.2) is 47.2 Å². The molecular formula is C20H15F2N5O3. The van der Waals surface area contributed by atoms with Crippen LogP contribution in [-0.2, 0) is 20.2 Å². The number of halogens is 2. The van der Waals surface area contributed by atoms with Gasteiger partial charge in [-0.1, -0.05) is 0 Å². The second-order valence-corrected chi connectivity index (χ2v) is 7.68. The van der Waals surface area contributed by atoms with Crippen molar-refractivity contribution in [3.63, 3.8) is 0 Å². The van der Waals surface area contributed by atoms with Crippen molar-refractivity contribution in [2.75, 3.05) is 4.90 Å². The van der Waals surface area contributed by atoms with Gasteiger partial charge in [0.1, 0.15) is 12.4 Å². The average Bonchev–Trinajstić information content (AvgIpc) is 2.95. The highest BCUT2D eigenvalue weighted by atomic mass is 19.1. The van der Waals surface area contributed by atoms with E-state index in [-0.39, 0.29) is 29.3 Å². The van der Waals surface area contributed by atoms with Gasteiger partial charge in [0.15, 0.2) is 23.1 Å². The molecule has 1 fully saturated rings. The molecule has 2 aliphatic heterocycles. The first-order chi connectivity index (χ1) is 14.4. The van der Waals surface area contributed by atoms with Crippen LogP contribution in [0.4, 0.5) is 14.6 Å². The summed E-state index contributed by atoms with van der Waals surface area (Å²) in [7, 11) is 1.67. The fraction of sp³-hybridized carbons (Fsp3) is 0.250. The number of hydrogen-bond donors (Lipinski definition) is 0. The fourth-order valence-electron chi connectivity index (χ4n) is 4.09. The Kier molecular flexibility index (Phi) is 3.26. The summed E-state index contributed by atoms with van der Waals surface area (Å²) in [5.74, 6) is -1.19. The number of aromatic nitrogens is 4. The number of ether oxygens (including phenoxy) is 2. The van der Waals surface area contributed by atoms with Crippen molar-refractivity contribution in [2.24, 2.45) is 7.05 Å². The summed E-state index contributed by atoms with van der Waals surface area (Å²) in [5, 5.41) is 3.89. The van der Waals surface area contributed by atoms with Crippen molar-refractivity contribution in [2.45, 2.75) is 25.1 Å². The number of benzene rings is 1. The predicted octanol–water partition coefficient (Wildman–Crippen LogP) is 2.49. The monoisotopic (exact) mass is 411 g/mol. The van der Waals surface area contributed by atoms with E-state index in [9.17, 15) is 13.6 Å². The lowest BCUT2D eigenvalue weighted by molar-refractivity contribution is 0.289. The molecule has 10 heteroatoms. The lowest BCUT2D eigenvalue weighted by Crippen LogP contribution is -2.35. The molecule has 0 bridgehead atoms. The summed E-state index contributed by atoms with van der Waals surface area (Å²) < 4.78 is 42.7. The predicted molar refractivity (Wildman–Crippen MR) is 100 cm³/mol. The van der Waals surface area contributed by atoms with Crippen molar-refractivity contribution in [3.05, 3.63) is 70.0 Å². The van der Waals surface area contributed by atoms with E-state index < -0.39 is 23.1 Å². The first-order valence-electron chi connectivity index (χ1n) is 9.33. The Labute approximate surface area is 168 Å². The molecular weight excluding hydrogens is 396 g/mol. The van der Waals surface area contributed by atoms with Crippen molar-refractivity contribution in [3.8, 4) is 17.4 Å². The average molecular weight is 411 g/mol. The minimum Gasteiger partial charge on any atom is -0.473 e. The molecule has 1 spiro atoms. The molecule has 1 unspecified atom stereocenters. The molecule has 0 amide bonds. The van der Waals surface area contributed by atoms with Gasteiger partial charge >= 0.3 is 5.69 Å². The summed E-state index contributed by atoms with van der Waals surface area (Å²) in [6, 6.07) is 3.92. The van der Waals surface area contributed by atoms with E-state index in [2.05, 4.69) is 15.0 Å². The van der Waals surface area contributed by atoms with Crippen molar-refractivity contribution >= 4 is 5.82 Å². The van der Waals surface area contributed by atoms with Crippen LogP contribution in [0.1, 0.15) is 12.0 Å². The zero-order chi connectivity index (χ0) is 20.6. The Morgan fingerprint density at radius 1 is 1.23 bits per heavy atom. The van der Waals surface area contributed by atoms with Crippen LogP contribution < -0.4 is 20.1 Å². The molecule has 1 aliphatic carbocycles. The van der Waals surface area contributed by atoms with E-state index in [1.807, 2.05) is 6.20 Å². The van der Waals surface area contributed by atoms with Gasteiger partial charge in [0, 0.05) is 25.7 Å². The quantitative estimate of drug-likeness (QED) is 0.642. The topological polar surface area (TPSA) is 74.4 Å². The summed E-state index contributed by atoms with van der Waals surface area (Å²) in [4.78, 5) is 18.3. The molecule has 0 N–H and O–H groups in total. The maximum atomic E-state index is 14.4. The second kappa shape index (κ2) is 5.68. The SMILES string of the molecule is Cn1cc(Oc2c(F)cc(COc3cc4n(c(=O)n3)CC35CC3=CN45)cc2F)cn1. The molecule has 6 rings (SSSR count). The lowest BCUT2D eigenvalue weighted by atomic mass is 10.2. The largest absolute Gasteiger partial charge is 0.473 e. The number of hydrogen-bond acceptors (Lipinski definition) is 6. The highest BCUT2D eigenvalue weighted by Gasteiger charge is 2.64. The normalized spacial score (nSPS) is 20.1. The van der Waals surface area contributed by atoms with Gasteiger partial charge in [0.2, 0.25) is 5.88 Å². The van der Waals surface area contributed by atoms with Crippen LogP contribution in [0, 0.1) is 11.6 Å². The first kappa shape index (κ1) is 17.2. The van der Waals surface area contributed by atoms with Crippen molar-refractivity contribution < 1.29 is 18.3 Å². The number of aryl methyl sites for hydroxylation is 1. The highest BCUT2D eigenvalue weighted by molar-refractivity contribution is 5.71. The molecule has 2 aromatic heterocycles. The van der Waals surface area contributed by atoms with E-state index >= 15 is 0 Å². The van der Waals surface area contributed by atoms with E-state index in [1.54, 1.807) is 17.7 Å². The third-order valence-corrected chi connectivity index (χ3v) is 5.68. The van der Waals surface area contributed by atoms with Crippen LogP contribution in [0.25, 0.3) is 0 Å². The molecule has 8 nitrogen and oxygen atoms in total. The van der Waals surface area contributed by atoms with Crippen LogP contribution in [-0.4, -0.2) is 24.9 Å². The van der Waals surface area contributed by atoms with Gasteiger partial charge in [-0.15, -0.1) is 0 Å². The Hall–Kier alpha value is -3.69. The summed E-state index contributed by atoms with van der Waals surface area (Å²) in [6.07, 6.45) is 5.84. The molecule has 0 radical (unpaired) electrons. The zero-order valence-corrected chi connectivity index (χ0v) is 15.8. The van der Waals surface area contributed by atoms with E-state index in [1.165, 1.54) is 22.6 Å². The first-order valence-corrected chi connectivity index (χ1v) is 9.33. The highest BCUT2D eigenvalue weighted by Crippen LogP contribution is 2.61. The minimum absolute atomic E-state index is 0.0250. The van der Waals surface area contributed by atoms with Gasteiger partial charge in [-0.25, -0.2) is 13.6 Å². The van der Waals surface area contributed by atoms with Gasteiger partial charge in [-0.2, -0.15) is 10.1 Å². The maximum absolute atomic E-state index is 14.4. The van der Waals surface area contributed by atoms with Crippen molar-refractivity contribution in [1.82, 2.24) is 19.3 Å². The Morgan fingerprint density at radius 2 is 2.03 bits per heavy atom. The van der Waals surface area contributed by atoms with E-state index in [0.29, 0.717) is 6.54 Å². The maximum Gasteiger partial charge on any atom is 0.352 e. The fourth-order valence-corrected chi connectivity index (χ4v) is 4.09. The summed E-state index contributed by atoms with van der Waals surface area (Å²) in [5.41, 5.74) is 1.16. The molecule has 1 atom stereocenters. The third-order valence-electron chi connectivity index (χ3n) is 5.68. The Morgan fingerprint density at radius 3 is 2.70 bits per heavy atom. The molecule has 1 aromatic carbocycles. The second-order valence-electron chi connectivity index (χ2n) is 7.68. The molecule has 3 aliphatic rings. The Bertz CT molecular complexity index is 1290. The molecule has 4 heterocycles. The van der Waals surface area contributed by atoms with Crippen LogP contribution in [0.2, 0.25) is 0 Å². The zero-order valence-electron chi connectivity index (χ0n) is 15.8. The van der Waals surface area contributed by atoms with Crippen molar-refractivity contribution in [1.29, 1.82) is 0 Å². The number of rotatable bonds is 5. The summed E-state index contributed by atoms with van der Waals surface area (Å²) >= 11 is 0. The molecule has 152 valence electrons. The summed E-state index contributed by atoms with van der Waals surface area (Å²) in [6.45, 7) is 0.457. The van der Waals surface area contributed by atoms with Gasteiger partial charge in [0.05, 0.1) is 24.5 Å². The smallest absolute Gasteiger partial charge is 0.352 e. The van der Waals surface area contributed by atoms with Crippen LogP contribution in [0.3, 0.4) is 0 Å². The van der Waals surface area contributed by atoms with E-state index in [4.69, 9.17) is 9.47 Å². The standard InChI is InChI=1S/C20H15F2N5O3/c1-25-8-13(6-23-25)30-18-14(21)2-11(3-15(18)22)9-29-16-4-17-26(19(28)24-16)10-20-5-12(20)7-27(17)20/h2-4,6-8H,5,9-10H2,1H3. The number of anilines is 1. The molecule has 0 saturated heterocycles. The molecule has 30 heavy (non-hydrogen) atoms. The van der Waals surface area contributed by atoms with Crippen LogP contribution in [0.5, 0.6) is 17.4 Å². The molecule has 3 aromatic rings. The number of fused-ring (bicyclic) bond motifs is 2. The van der Waals surface area contributed by atoms with E-state index in [0.717, 1.165) is 24.4 Å². The van der Waals surface area contributed by atoms with Gasteiger partial charge in [-0.3, -0.25) is 9.25 Å². The third kappa shape index (κ3) is 2.39. The van der Waals surface area contributed by atoms with Crippen LogP contribution >= 0.6 is 0 Å². The molecule has 1 saturated carbocycles. The van der Waals surface area contributed by atoms with Gasteiger partial charge in [0.25, 0.3) is 0 Å². The lowest BCUT2D eigenvalue weighted by Gasteiger charge is -2.27. The minimum atomic E-state index is -0.867. The Balaban J connectivity index is 1.21.